The molecule has 0 spiro atoms. The minimum absolute atomic E-state index is 0.518. The second-order valence-corrected chi connectivity index (χ2v) is 5.17. The van der Waals surface area contributed by atoms with E-state index in [1.807, 2.05) is 42.3 Å². The maximum Gasteiger partial charge on any atom is 0.417 e. The molecule has 118 valence electrons. The van der Waals surface area contributed by atoms with E-state index in [1.165, 1.54) is 4.90 Å². The predicted octanol–water partition coefficient (Wildman–Crippen LogP) is 3.35. The molecule has 1 N–H and O–H groups in total. The molecule has 0 radical (unpaired) electrons. The van der Waals surface area contributed by atoms with Crippen molar-refractivity contribution in [3.63, 3.8) is 0 Å². The second kappa shape index (κ2) is 6.48. The van der Waals surface area contributed by atoms with Gasteiger partial charge in [0, 0.05) is 19.2 Å². The van der Waals surface area contributed by atoms with Gasteiger partial charge in [-0.25, -0.2) is 9.69 Å². The molecule has 1 aliphatic rings. The summed E-state index contributed by atoms with van der Waals surface area (Å²) in [5.74, 6) is 0.518. The van der Waals surface area contributed by atoms with Crippen LogP contribution in [0.4, 0.5) is 16.2 Å². The summed E-state index contributed by atoms with van der Waals surface area (Å²) in [5, 5.41) is 16.0. The molecule has 1 aliphatic heterocycles. The van der Waals surface area contributed by atoms with Gasteiger partial charge in [-0.3, -0.25) is 9.99 Å². The highest BCUT2D eigenvalue weighted by Crippen LogP contribution is 2.25. The predicted molar refractivity (Wildman–Crippen MR) is 90.0 cm³/mol. The average Bonchev–Trinajstić information content (AvgIpc) is 3.05. The summed E-state index contributed by atoms with van der Waals surface area (Å²) in [6, 6.07) is 13.2. The number of rotatable bonds is 3. The van der Waals surface area contributed by atoms with Crippen molar-refractivity contribution in [3.05, 3.63) is 54.4 Å². The van der Waals surface area contributed by atoms with Gasteiger partial charge in [-0.15, -0.1) is 0 Å². The van der Waals surface area contributed by atoms with E-state index in [-0.39, 0.29) is 0 Å². The lowest BCUT2D eigenvalue weighted by molar-refractivity contribution is 0.205. The second-order valence-electron chi connectivity index (χ2n) is 5.17. The van der Waals surface area contributed by atoms with Gasteiger partial charge >= 0.3 is 6.09 Å². The summed E-state index contributed by atoms with van der Waals surface area (Å²) in [7, 11) is 0. The van der Waals surface area contributed by atoms with Crippen LogP contribution >= 0.6 is 0 Å². The van der Waals surface area contributed by atoms with Crippen LogP contribution in [0.15, 0.2) is 53.8 Å². The number of pyridine rings is 1. The van der Waals surface area contributed by atoms with Gasteiger partial charge in [0.1, 0.15) is 5.84 Å². The van der Waals surface area contributed by atoms with Crippen molar-refractivity contribution < 1.29 is 9.90 Å². The number of hydrogen-bond donors (Lipinski definition) is 1. The third-order valence-corrected chi connectivity index (χ3v) is 3.73. The number of aryl methyl sites for hydroxylation is 1. The first-order valence-corrected chi connectivity index (χ1v) is 7.57. The van der Waals surface area contributed by atoms with Crippen molar-refractivity contribution in [3.8, 4) is 0 Å². The fourth-order valence-electron chi connectivity index (χ4n) is 2.65. The Labute approximate surface area is 134 Å². The number of nitrogens with zero attached hydrogens (tertiary/aromatic N) is 4. The molecule has 1 aromatic carbocycles. The standard InChI is InChI=1S/C17H18N4O2/c1-2-14-15(9-6-11-18-14)21(17(22)23)16-10-12-20(19-16)13-7-4-3-5-8-13/h3-9,11H,2,10,12H2,1H3,(H,22,23). The smallest absolute Gasteiger partial charge is 0.417 e. The molecule has 0 bridgehead atoms. The Balaban J connectivity index is 1.95. The number of carbonyl (C=O) groups is 1. The highest BCUT2D eigenvalue weighted by atomic mass is 16.4. The van der Waals surface area contributed by atoms with Gasteiger partial charge in [0.2, 0.25) is 0 Å². The molecule has 6 nitrogen and oxygen atoms in total. The Hall–Kier alpha value is -2.89. The van der Waals surface area contributed by atoms with Gasteiger partial charge in [0.25, 0.3) is 0 Å². The van der Waals surface area contributed by atoms with Gasteiger partial charge in [-0.1, -0.05) is 25.1 Å². The lowest BCUT2D eigenvalue weighted by atomic mass is 10.2. The molecule has 6 heteroatoms. The first-order valence-electron chi connectivity index (χ1n) is 7.57. The van der Waals surface area contributed by atoms with Gasteiger partial charge in [-0.2, -0.15) is 5.10 Å². The molecule has 0 atom stereocenters. The Bertz CT molecular complexity index is 730. The summed E-state index contributed by atoms with van der Waals surface area (Å²) in [4.78, 5) is 17.3. The summed E-state index contributed by atoms with van der Waals surface area (Å²) in [6.07, 6.45) is 1.87. The van der Waals surface area contributed by atoms with E-state index >= 15 is 0 Å². The van der Waals surface area contributed by atoms with E-state index in [2.05, 4.69) is 10.1 Å². The maximum absolute atomic E-state index is 11.8. The minimum Gasteiger partial charge on any atom is -0.464 e. The Morgan fingerprint density at radius 2 is 2.04 bits per heavy atom. The lowest BCUT2D eigenvalue weighted by Gasteiger charge is -2.20. The number of carboxylic acid groups (broad SMARTS) is 1. The van der Waals surface area contributed by atoms with E-state index < -0.39 is 6.09 Å². The molecule has 0 saturated carbocycles. The number of amides is 1. The molecule has 3 rings (SSSR count). The van der Waals surface area contributed by atoms with E-state index in [0.29, 0.717) is 30.9 Å². The molecule has 2 aromatic rings. The number of amidine groups is 1. The molecule has 1 aromatic heterocycles. The average molecular weight is 310 g/mol. The van der Waals surface area contributed by atoms with Crippen molar-refractivity contribution in [1.29, 1.82) is 0 Å². The van der Waals surface area contributed by atoms with Crippen molar-refractivity contribution in [1.82, 2.24) is 4.98 Å². The monoisotopic (exact) mass is 310 g/mol. The zero-order valence-electron chi connectivity index (χ0n) is 12.9. The van der Waals surface area contributed by atoms with Gasteiger partial charge < -0.3 is 5.11 Å². The molecule has 0 aliphatic carbocycles. The normalized spacial score (nSPS) is 13.8. The van der Waals surface area contributed by atoms with Crippen molar-refractivity contribution >= 4 is 23.3 Å². The van der Waals surface area contributed by atoms with Gasteiger partial charge in [-0.05, 0) is 30.7 Å². The van der Waals surface area contributed by atoms with E-state index in [4.69, 9.17) is 0 Å². The zero-order chi connectivity index (χ0) is 16.2. The molecule has 1 amide bonds. The van der Waals surface area contributed by atoms with Gasteiger partial charge in [0.15, 0.2) is 0 Å². The number of hydrogen-bond acceptors (Lipinski definition) is 4. The summed E-state index contributed by atoms with van der Waals surface area (Å²) < 4.78 is 0. The van der Waals surface area contributed by atoms with Crippen LogP contribution in [0.5, 0.6) is 0 Å². The topological polar surface area (TPSA) is 69.0 Å². The fraction of sp³-hybridized carbons (Fsp3) is 0.235. The first kappa shape index (κ1) is 15.0. The highest BCUT2D eigenvalue weighted by molar-refractivity contribution is 6.15. The van der Waals surface area contributed by atoms with Crippen molar-refractivity contribution in [2.24, 2.45) is 5.10 Å². The SMILES string of the molecule is CCc1ncccc1N(C(=O)O)C1=NN(c2ccccc2)CC1. The Kier molecular flexibility index (Phi) is 4.23. The molecular formula is C17H18N4O2. The molecule has 0 unspecified atom stereocenters. The number of aromatic nitrogens is 1. The van der Waals surface area contributed by atoms with Crippen LogP contribution in [-0.4, -0.2) is 28.6 Å². The zero-order valence-corrected chi connectivity index (χ0v) is 12.9. The summed E-state index contributed by atoms with van der Waals surface area (Å²) in [6.45, 7) is 2.61. The van der Waals surface area contributed by atoms with E-state index in [9.17, 15) is 9.90 Å². The van der Waals surface area contributed by atoms with Crippen LogP contribution < -0.4 is 9.91 Å². The highest BCUT2D eigenvalue weighted by Gasteiger charge is 2.28. The molecule has 0 fully saturated rings. The third kappa shape index (κ3) is 3.01. The van der Waals surface area contributed by atoms with Crippen LogP contribution in [0.1, 0.15) is 19.0 Å². The fourth-order valence-corrected chi connectivity index (χ4v) is 2.65. The van der Waals surface area contributed by atoms with Crippen LogP contribution in [-0.2, 0) is 6.42 Å². The summed E-state index contributed by atoms with van der Waals surface area (Å²) in [5.41, 5.74) is 2.28. The van der Waals surface area contributed by atoms with Crippen LogP contribution in [0.3, 0.4) is 0 Å². The minimum atomic E-state index is -1.04. The Morgan fingerprint density at radius 1 is 1.26 bits per heavy atom. The lowest BCUT2D eigenvalue weighted by Crippen LogP contribution is -2.35. The molecule has 2 heterocycles. The third-order valence-electron chi connectivity index (χ3n) is 3.73. The number of benzene rings is 1. The van der Waals surface area contributed by atoms with Crippen LogP contribution in [0, 0.1) is 0 Å². The maximum atomic E-state index is 11.8. The van der Waals surface area contributed by atoms with Crippen molar-refractivity contribution in [2.45, 2.75) is 19.8 Å². The molecule has 23 heavy (non-hydrogen) atoms. The van der Waals surface area contributed by atoms with E-state index in [0.717, 1.165) is 11.4 Å². The summed E-state index contributed by atoms with van der Waals surface area (Å²) >= 11 is 0. The molecule has 0 saturated heterocycles. The van der Waals surface area contributed by atoms with E-state index in [1.54, 1.807) is 18.3 Å². The number of hydrazone groups is 1. The molecular weight excluding hydrogens is 292 g/mol. The Morgan fingerprint density at radius 3 is 2.74 bits per heavy atom. The van der Waals surface area contributed by atoms with Gasteiger partial charge in [0.05, 0.1) is 17.1 Å². The van der Waals surface area contributed by atoms with Crippen molar-refractivity contribution in [2.75, 3.05) is 16.5 Å². The van der Waals surface area contributed by atoms with Crippen LogP contribution in [0.25, 0.3) is 0 Å². The quantitative estimate of drug-likeness (QED) is 0.944. The first-order chi connectivity index (χ1) is 11.2. The number of anilines is 2. The number of para-hydroxylation sites is 1. The van der Waals surface area contributed by atoms with Crippen LogP contribution in [0.2, 0.25) is 0 Å². The largest absolute Gasteiger partial charge is 0.464 e.